The van der Waals surface area contributed by atoms with Crippen molar-refractivity contribution in [3.8, 4) is 11.5 Å². The molecule has 0 bridgehead atoms. The molecule has 0 N–H and O–H groups in total. The van der Waals surface area contributed by atoms with Crippen LogP contribution in [0.1, 0.15) is 38.4 Å². The van der Waals surface area contributed by atoms with Gasteiger partial charge in [-0.1, -0.05) is 37.3 Å². The van der Waals surface area contributed by atoms with E-state index in [1.165, 1.54) is 5.56 Å². The highest BCUT2D eigenvalue weighted by molar-refractivity contribution is 6.38. The highest BCUT2D eigenvalue weighted by atomic mass is 28.2. The molecule has 1 atom stereocenters. The summed E-state index contributed by atoms with van der Waals surface area (Å²) in [6, 6.07) is 10.3. The van der Waals surface area contributed by atoms with E-state index in [2.05, 4.69) is 37.4 Å². The van der Waals surface area contributed by atoms with E-state index in [1.807, 2.05) is 18.2 Å². The molecule has 0 saturated heterocycles. The van der Waals surface area contributed by atoms with Crippen LogP contribution in [0.4, 0.5) is 0 Å². The van der Waals surface area contributed by atoms with Crippen molar-refractivity contribution in [2.24, 2.45) is 0 Å². The Hall–Kier alpha value is -1.04. The van der Waals surface area contributed by atoms with Gasteiger partial charge >= 0.3 is 0 Å². The molecule has 0 aliphatic heterocycles. The van der Waals surface area contributed by atoms with Gasteiger partial charge in [0.05, 0.1) is 6.10 Å². The molecule has 1 aromatic rings. The van der Waals surface area contributed by atoms with Gasteiger partial charge in [0, 0.05) is 6.42 Å². The van der Waals surface area contributed by atoms with Crippen LogP contribution in [0, 0.1) is 11.5 Å². The van der Waals surface area contributed by atoms with E-state index in [-0.39, 0.29) is 6.10 Å². The summed E-state index contributed by atoms with van der Waals surface area (Å²) in [4.78, 5) is 0. The molecule has 15 heavy (non-hydrogen) atoms. The molecule has 1 nitrogen and oxygen atoms in total. The summed E-state index contributed by atoms with van der Waals surface area (Å²) in [5.41, 5.74) is 4.39. The first kappa shape index (κ1) is 12.0. The summed E-state index contributed by atoms with van der Waals surface area (Å²) >= 11 is 0. The predicted octanol–water partition coefficient (Wildman–Crippen LogP) is 2.61. The van der Waals surface area contributed by atoms with Gasteiger partial charge in [0.2, 0.25) is 9.76 Å². The maximum atomic E-state index is 5.74. The monoisotopic (exact) mass is 218 g/mol. The summed E-state index contributed by atoms with van der Waals surface area (Å²) in [5.74, 6) is 3.13. The van der Waals surface area contributed by atoms with E-state index in [9.17, 15) is 0 Å². The summed E-state index contributed by atoms with van der Waals surface area (Å²) in [6.07, 6.45) is 2.32. The second kappa shape index (κ2) is 7.28. The zero-order valence-electron chi connectivity index (χ0n) is 9.49. The molecular weight excluding hydrogens is 200 g/mol. The summed E-state index contributed by atoms with van der Waals surface area (Å²) in [7, 11) is -0.661. The topological polar surface area (TPSA) is 9.23 Å². The Morgan fingerprint density at radius 1 is 1.33 bits per heavy atom. The summed E-state index contributed by atoms with van der Waals surface area (Å²) < 4.78 is 5.74. The Balaban J connectivity index is 2.32. The Morgan fingerprint density at radius 2 is 2.07 bits per heavy atom. The molecule has 0 aliphatic rings. The third-order valence-corrected chi connectivity index (χ3v) is 3.24. The molecule has 2 heteroatoms. The smallest absolute Gasteiger partial charge is 0.241 e. The van der Waals surface area contributed by atoms with E-state index >= 15 is 0 Å². The Morgan fingerprint density at radius 3 is 2.73 bits per heavy atom. The Bertz CT molecular complexity index is 323. The van der Waals surface area contributed by atoms with Crippen LogP contribution >= 0.6 is 0 Å². The van der Waals surface area contributed by atoms with Crippen molar-refractivity contribution in [2.75, 3.05) is 0 Å². The largest absolute Gasteiger partial charge is 0.404 e. The van der Waals surface area contributed by atoms with Gasteiger partial charge in [-0.3, -0.25) is 0 Å². The average molecular weight is 218 g/mol. The average Bonchev–Trinajstić information content (AvgIpc) is 2.30. The second-order valence-electron chi connectivity index (χ2n) is 3.47. The third kappa shape index (κ3) is 4.82. The molecule has 0 saturated carbocycles. The van der Waals surface area contributed by atoms with E-state index in [4.69, 9.17) is 4.43 Å². The van der Waals surface area contributed by atoms with Gasteiger partial charge in [-0.15, -0.1) is 11.5 Å². The van der Waals surface area contributed by atoms with Crippen LogP contribution < -0.4 is 0 Å². The molecule has 1 unspecified atom stereocenters. The molecule has 1 rings (SSSR count). The summed E-state index contributed by atoms with van der Waals surface area (Å²) in [6.45, 7) is 4.23. The first-order valence-electron chi connectivity index (χ1n) is 5.47. The van der Waals surface area contributed by atoms with E-state index in [0.717, 1.165) is 12.8 Å². The molecule has 0 aromatic heterocycles. The van der Waals surface area contributed by atoms with Crippen LogP contribution in [0.15, 0.2) is 30.3 Å². The van der Waals surface area contributed by atoms with Gasteiger partial charge in [0.25, 0.3) is 0 Å². The fraction of sp³-hybridized carbons (Fsp3) is 0.385. The number of hydrogen-bond donors (Lipinski definition) is 0. The van der Waals surface area contributed by atoms with Crippen LogP contribution in [-0.2, 0) is 4.43 Å². The zero-order valence-corrected chi connectivity index (χ0v) is 10.9. The minimum atomic E-state index is -0.661. The van der Waals surface area contributed by atoms with Crippen molar-refractivity contribution >= 4 is 9.76 Å². The van der Waals surface area contributed by atoms with Gasteiger partial charge in [0.1, 0.15) is 0 Å². The number of hydrogen-bond acceptors (Lipinski definition) is 1. The fourth-order valence-corrected chi connectivity index (χ4v) is 2.06. The Kier molecular flexibility index (Phi) is 5.83. The van der Waals surface area contributed by atoms with Gasteiger partial charge in [0.15, 0.2) is 0 Å². The predicted molar refractivity (Wildman–Crippen MR) is 67.2 cm³/mol. The van der Waals surface area contributed by atoms with Crippen LogP contribution in [0.5, 0.6) is 0 Å². The number of rotatable bonds is 4. The van der Waals surface area contributed by atoms with Crippen molar-refractivity contribution in [3.63, 3.8) is 0 Å². The lowest BCUT2D eigenvalue weighted by atomic mass is 10.1. The first-order chi connectivity index (χ1) is 7.34. The van der Waals surface area contributed by atoms with E-state index in [0.29, 0.717) is 0 Å². The molecule has 80 valence electrons. The lowest BCUT2D eigenvalue weighted by Crippen LogP contribution is -2.02. The van der Waals surface area contributed by atoms with Gasteiger partial charge < -0.3 is 4.43 Å². The third-order valence-electron chi connectivity index (χ3n) is 2.17. The lowest BCUT2D eigenvalue weighted by molar-refractivity contribution is 0.244. The van der Waals surface area contributed by atoms with Crippen molar-refractivity contribution in [1.82, 2.24) is 0 Å². The molecule has 0 spiro atoms. The maximum absolute atomic E-state index is 5.74. The van der Waals surface area contributed by atoms with E-state index in [1.54, 1.807) is 0 Å². The van der Waals surface area contributed by atoms with Gasteiger partial charge in [-0.2, -0.15) is 0 Å². The summed E-state index contributed by atoms with van der Waals surface area (Å²) in [5, 5.41) is 0. The highest BCUT2D eigenvalue weighted by Crippen LogP contribution is 2.14. The maximum Gasteiger partial charge on any atom is 0.241 e. The Labute approximate surface area is 94.8 Å². The van der Waals surface area contributed by atoms with Crippen LogP contribution in [-0.4, -0.2) is 9.76 Å². The molecule has 0 aliphatic carbocycles. The van der Waals surface area contributed by atoms with Crippen LogP contribution in [0.2, 0.25) is 0 Å². The molecule has 1 aromatic carbocycles. The molecule has 0 fully saturated rings. The van der Waals surface area contributed by atoms with Gasteiger partial charge in [-0.25, -0.2) is 0 Å². The van der Waals surface area contributed by atoms with E-state index < -0.39 is 9.76 Å². The van der Waals surface area contributed by atoms with Crippen molar-refractivity contribution < 1.29 is 4.43 Å². The van der Waals surface area contributed by atoms with Crippen molar-refractivity contribution in [1.29, 1.82) is 0 Å². The van der Waals surface area contributed by atoms with Gasteiger partial charge in [-0.05, 0) is 18.9 Å². The molecule has 0 radical (unpaired) electrons. The SMILES string of the molecule is CCCC#C[SiH2]OC(C)c1ccccc1. The first-order valence-corrected chi connectivity index (χ1v) is 6.75. The second-order valence-corrected chi connectivity index (χ2v) is 4.44. The standard InChI is InChI=1S/C13H18OSi/c1-3-4-8-11-15-14-12(2)13-9-6-5-7-10-13/h5-7,9-10,12H,3-4,15H2,1-2H3. The quantitative estimate of drug-likeness (QED) is 0.557. The molecule has 0 amide bonds. The van der Waals surface area contributed by atoms with Crippen LogP contribution in [0.3, 0.4) is 0 Å². The zero-order chi connectivity index (χ0) is 10.9. The number of benzene rings is 1. The minimum Gasteiger partial charge on any atom is -0.404 e. The normalized spacial score (nSPS) is 12.4. The molecule has 0 heterocycles. The minimum absolute atomic E-state index is 0.189. The van der Waals surface area contributed by atoms with Crippen LogP contribution in [0.25, 0.3) is 0 Å². The fourth-order valence-electron chi connectivity index (χ4n) is 1.25. The lowest BCUT2D eigenvalue weighted by Gasteiger charge is -2.10. The van der Waals surface area contributed by atoms with Crippen molar-refractivity contribution in [3.05, 3.63) is 35.9 Å². The highest BCUT2D eigenvalue weighted by Gasteiger charge is 2.02. The number of unbranched alkanes of at least 4 members (excludes halogenated alkanes) is 1. The van der Waals surface area contributed by atoms with Crippen molar-refractivity contribution in [2.45, 2.75) is 32.8 Å². The molecular formula is C13H18OSi.